The average Bonchev–Trinajstić information content (AvgIpc) is 2.74. The summed E-state index contributed by atoms with van der Waals surface area (Å²) >= 11 is 1.81. The van der Waals surface area contributed by atoms with Crippen LogP contribution in [-0.2, 0) is 0 Å². The van der Waals surface area contributed by atoms with Gasteiger partial charge >= 0.3 is 0 Å². The summed E-state index contributed by atoms with van der Waals surface area (Å²) in [6.45, 7) is 6.77. The van der Waals surface area contributed by atoms with Crippen LogP contribution in [0.4, 0.5) is 0 Å². The van der Waals surface area contributed by atoms with Gasteiger partial charge in [0.25, 0.3) is 0 Å². The lowest BCUT2D eigenvalue weighted by Crippen LogP contribution is -2.09. The van der Waals surface area contributed by atoms with Crippen molar-refractivity contribution in [2.45, 2.75) is 32.1 Å². The van der Waals surface area contributed by atoms with Gasteiger partial charge in [-0.3, -0.25) is 0 Å². The van der Waals surface area contributed by atoms with Gasteiger partial charge in [-0.1, -0.05) is 13.8 Å². The van der Waals surface area contributed by atoms with Gasteiger partial charge in [0.2, 0.25) is 0 Å². The molecular weight excluding hydrogens is 180 g/mol. The van der Waals surface area contributed by atoms with Crippen molar-refractivity contribution in [2.24, 2.45) is 0 Å². The molecule has 2 heterocycles. The minimum atomic E-state index is 0.628. The van der Waals surface area contributed by atoms with E-state index in [9.17, 15) is 0 Å². The second-order valence-electron chi connectivity index (χ2n) is 3.95. The van der Waals surface area contributed by atoms with Crippen LogP contribution in [0.15, 0.2) is 5.51 Å². The van der Waals surface area contributed by atoms with Crippen molar-refractivity contribution in [3.8, 4) is 0 Å². The molecule has 2 rings (SSSR count). The minimum Gasteiger partial charge on any atom is -0.316 e. The summed E-state index contributed by atoms with van der Waals surface area (Å²) < 4.78 is 0. The molecule has 1 saturated heterocycles. The minimum absolute atomic E-state index is 0.628. The van der Waals surface area contributed by atoms with Crippen LogP contribution >= 0.6 is 11.3 Å². The maximum absolute atomic E-state index is 4.50. The van der Waals surface area contributed by atoms with Gasteiger partial charge < -0.3 is 5.32 Å². The smallest absolute Gasteiger partial charge is 0.0797 e. The van der Waals surface area contributed by atoms with Gasteiger partial charge in [0.15, 0.2) is 0 Å². The Morgan fingerprint density at radius 2 is 2.46 bits per heavy atom. The summed E-state index contributed by atoms with van der Waals surface area (Å²) in [5.41, 5.74) is 3.34. The van der Waals surface area contributed by atoms with Crippen LogP contribution in [0.1, 0.15) is 42.7 Å². The van der Waals surface area contributed by atoms with Gasteiger partial charge in [0.05, 0.1) is 11.2 Å². The highest BCUT2D eigenvalue weighted by Gasteiger charge is 2.22. The molecule has 72 valence electrons. The first-order valence-electron chi connectivity index (χ1n) is 4.93. The lowest BCUT2D eigenvalue weighted by Gasteiger charge is -2.10. The molecule has 0 spiro atoms. The molecule has 0 bridgehead atoms. The van der Waals surface area contributed by atoms with Crippen LogP contribution in [0.25, 0.3) is 0 Å². The molecule has 3 heteroatoms. The van der Waals surface area contributed by atoms with E-state index in [1.165, 1.54) is 17.0 Å². The van der Waals surface area contributed by atoms with Crippen molar-refractivity contribution >= 4 is 11.3 Å². The predicted octanol–water partition coefficient (Wildman–Crippen LogP) is 2.34. The topological polar surface area (TPSA) is 24.9 Å². The predicted molar refractivity (Wildman–Crippen MR) is 56.4 cm³/mol. The summed E-state index contributed by atoms with van der Waals surface area (Å²) in [6, 6.07) is 0. The largest absolute Gasteiger partial charge is 0.316 e. The second kappa shape index (κ2) is 3.76. The zero-order valence-electron chi connectivity index (χ0n) is 8.21. The molecule has 0 aliphatic carbocycles. The molecule has 1 fully saturated rings. The highest BCUT2D eigenvalue weighted by molar-refractivity contribution is 7.09. The third-order valence-corrected chi connectivity index (χ3v) is 3.74. The van der Waals surface area contributed by atoms with E-state index < -0.39 is 0 Å². The molecule has 0 saturated carbocycles. The molecule has 0 radical (unpaired) electrons. The lowest BCUT2D eigenvalue weighted by atomic mass is 10.00. The van der Waals surface area contributed by atoms with E-state index >= 15 is 0 Å². The number of nitrogens with zero attached hydrogens (tertiary/aromatic N) is 1. The van der Waals surface area contributed by atoms with Gasteiger partial charge in [-0.05, 0) is 18.9 Å². The highest BCUT2D eigenvalue weighted by atomic mass is 32.1. The first-order valence-corrected chi connectivity index (χ1v) is 5.81. The molecule has 1 N–H and O–H groups in total. The molecule has 1 aromatic rings. The molecule has 1 aliphatic heterocycles. The Bertz CT molecular complexity index is 274. The van der Waals surface area contributed by atoms with Crippen LogP contribution in [0, 0.1) is 0 Å². The van der Waals surface area contributed by atoms with Crippen molar-refractivity contribution in [3.63, 3.8) is 0 Å². The third kappa shape index (κ3) is 1.76. The molecule has 13 heavy (non-hydrogen) atoms. The lowest BCUT2D eigenvalue weighted by molar-refractivity contribution is 0.716. The molecule has 1 aliphatic rings. The zero-order chi connectivity index (χ0) is 9.26. The quantitative estimate of drug-likeness (QED) is 0.785. The summed E-state index contributed by atoms with van der Waals surface area (Å²) in [4.78, 5) is 5.98. The first kappa shape index (κ1) is 9.16. The van der Waals surface area contributed by atoms with Gasteiger partial charge in [0.1, 0.15) is 0 Å². The molecule has 1 aromatic heterocycles. The van der Waals surface area contributed by atoms with E-state index in [-0.39, 0.29) is 0 Å². The molecule has 1 unspecified atom stereocenters. The molecule has 2 nitrogen and oxygen atoms in total. The standard InChI is InChI=1S/C10H16N2S/c1-7(2)10-9(12-6-13-10)8-3-4-11-5-8/h6-8,11H,3-5H2,1-2H3. The van der Waals surface area contributed by atoms with Crippen LogP contribution in [0.5, 0.6) is 0 Å². The van der Waals surface area contributed by atoms with E-state index in [1.54, 1.807) is 11.3 Å². The van der Waals surface area contributed by atoms with E-state index in [0.29, 0.717) is 11.8 Å². The summed E-state index contributed by atoms with van der Waals surface area (Å²) in [5.74, 6) is 1.30. The van der Waals surface area contributed by atoms with Crippen molar-refractivity contribution in [1.29, 1.82) is 0 Å². The molecular formula is C10H16N2S. The molecule has 0 aromatic carbocycles. The van der Waals surface area contributed by atoms with Crippen molar-refractivity contribution in [3.05, 3.63) is 16.1 Å². The van der Waals surface area contributed by atoms with Crippen molar-refractivity contribution in [2.75, 3.05) is 13.1 Å². The Labute approximate surface area is 83.4 Å². The zero-order valence-corrected chi connectivity index (χ0v) is 9.03. The Morgan fingerprint density at radius 1 is 1.62 bits per heavy atom. The van der Waals surface area contributed by atoms with E-state index in [0.717, 1.165) is 13.1 Å². The second-order valence-corrected chi connectivity index (χ2v) is 4.83. The molecule has 0 amide bonds. The fourth-order valence-electron chi connectivity index (χ4n) is 1.89. The van der Waals surface area contributed by atoms with Gasteiger partial charge in [-0.25, -0.2) is 4.98 Å². The number of nitrogens with one attached hydrogen (secondary N) is 1. The van der Waals surface area contributed by atoms with Crippen molar-refractivity contribution in [1.82, 2.24) is 10.3 Å². The van der Waals surface area contributed by atoms with Crippen LogP contribution in [-0.4, -0.2) is 18.1 Å². The SMILES string of the molecule is CC(C)c1scnc1C1CCNC1. The first-order chi connectivity index (χ1) is 6.29. The average molecular weight is 196 g/mol. The highest BCUT2D eigenvalue weighted by Crippen LogP contribution is 2.31. The van der Waals surface area contributed by atoms with Crippen LogP contribution < -0.4 is 5.32 Å². The number of hydrogen-bond acceptors (Lipinski definition) is 3. The van der Waals surface area contributed by atoms with Crippen LogP contribution in [0.2, 0.25) is 0 Å². The number of thiazole rings is 1. The summed E-state index contributed by atoms with van der Waals surface area (Å²) in [6.07, 6.45) is 1.25. The van der Waals surface area contributed by atoms with Gasteiger partial charge in [-0.15, -0.1) is 11.3 Å². The maximum atomic E-state index is 4.50. The normalized spacial score (nSPS) is 22.8. The summed E-state index contributed by atoms with van der Waals surface area (Å²) in [5, 5.41) is 3.39. The number of rotatable bonds is 2. The molecule has 1 atom stereocenters. The van der Waals surface area contributed by atoms with E-state index in [2.05, 4.69) is 24.1 Å². The van der Waals surface area contributed by atoms with E-state index in [4.69, 9.17) is 0 Å². The van der Waals surface area contributed by atoms with Gasteiger partial charge in [-0.2, -0.15) is 0 Å². The Balaban J connectivity index is 2.23. The number of aromatic nitrogens is 1. The fraction of sp³-hybridized carbons (Fsp3) is 0.700. The van der Waals surface area contributed by atoms with E-state index in [1.807, 2.05) is 5.51 Å². The Hall–Kier alpha value is -0.410. The number of hydrogen-bond donors (Lipinski definition) is 1. The van der Waals surface area contributed by atoms with Crippen molar-refractivity contribution < 1.29 is 0 Å². The van der Waals surface area contributed by atoms with Gasteiger partial charge in [0, 0.05) is 17.3 Å². The Morgan fingerprint density at radius 3 is 3.08 bits per heavy atom. The maximum Gasteiger partial charge on any atom is 0.0797 e. The monoisotopic (exact) mass is 196 g/mol. The van der Waals surface area contributed by atoms with Crippen LogP contribution in [0.3, 0.4) is 0 Å². The fourth-order valence-corrected chi connectivity index (χ4v) is 2.78. The Kier molecular flexibility index (Phi) is 2.65. The summed E-state index contributed by atoms with van der Waals surface area (Å²) in [7, 11) is 0. The third-order valence-electron chi connectivity index (χ3n) is 2.60.